The minimum Gasteiger partial charge on any atom is -0.481 e. The first-order valence-corrected chi connectivity index (χ1v) is 4.27. The van der Waals surface area contributed by atoms with E-state index >= 15 is 0 Å². The van der Waals surface area contributed by atoms with Crippen LogP contribution in [0.2, 0.25) is 0 Å². The maximum atomic E-state index is 13.2. The predicted molar refractivity (Wildman–Crippen MR) is 48.3 cm³/mol. The Balaban J connectivity index is 3.03. The summed E-state index contributed by atoms with van der Waals surface area (Å²) in [6.07, 6.45) is -2.18. The van der Waals surface area contributed by atoms with Crippen LogP contribution in [0.1, 0.15) is 23.7 Å². The molecule has 1 aromatic carbocycles. The van der Waals surface area contributed by atoms with Crippen molar-refractivity contribution < 1.29 is 23.8 Å². The van der Waals surface area contributed by atoms with Crippen molar-refractivity contribution in [2.75, 3.05) is 0 Å². The summed E-state index contributed by atoms with van der Waals surface area (Å²) in [7, 11) is 0. The van der Waals surface area contributed by atoms with E-state index in [0.717, 1.165) is 12.1 Å². The first-order chi connectivity index (χ1) is 6.91. The van der Waals surface area contributed by atoms with E-state index in [9.17, 15) is 18.7 Å². The molecule has 15 heavy (non-hydrogen) atoms. The second-order valence-corrected chi connectivity index (χ2v) is 3.24. The van der Waals surface area contributed by atoms with E-state index in [-0.39, 0.29) is 11.1 Å². The summed E-state index contributed by atoms with van der Waals surface area (Å²) in [6.45, 7) is 1.38. The van der Waals surface area contributed by atoms with E-state index in [1.165, 1.54) is 6.92 Å². The van der Waals surface area contributed by atoms with Gasteiger partial charge in [0.2, 0.25) is 0 Å². The Kier molecular flexibility index (Phi) is 3.36. The fraction of sp³-hybridized carbons (Fsp3) is 0.300. The summed E-state index contributed by atoms with van der Waals surface area (Å²) in [4.78, 5) is 10.3. The minimum atomic E-state index is -1.53. The average molecular weight is 216 g/mol. The molecule has 0 fully saturated rings. The van der Waals surface area contributed by atoms with Crippen molar-refractivity contribution in [2.24, 2.45) is 0 Å². The summed E-state index contributed by atoms with van der Waals surface area (Å²) in [5.74, 6) is -2.75. The minimum absolute atomic E-state index is 0.110. The number of hydrogen-bond acceptors (Lipinski definition) is 2. The molecular formula is C10H10F2O3. The number of aliphatic hydroxyl groups excluding tert-OH is 1. The number of carboxylic acid groups (broad SMARTS) is 1. The Morgan fingerprint density at radius 3 is 2.53 bits per heavy atom. The van der Waals surface area contributed by atoms with Crippen LogP contribution in [-0.2, 0) is 4.79 Å². The zero-order chi connectivity index (χ0) is 11.6. The Morgan fingerprint density at radius 1 is 1.40 bits per heavy atom. The lowest BCUT2D eigenvalue weighted by Crippen LogP contribution is -2.08. The van der Waals surface area contributed by atoms with Crippen LogP contribution in [0, 0.1) is 18.6 Å². The molecule has 0 bridgehead atoms. The Hall–Kier alpha value is -1.49. The molecule has 0 aliphatic heterocycles. The van der Waals surface area contributed by atoms with Crippen LogP contribution < -0.4 is 0 Å². The topological polar surface area (TPSA) is 57.5 Å². The monoisotopic (exact) mass is 216 g/mol. The number of aliphatic hydroxyl groups is 1. The number of halogens is 2. The molecular weight excluding hydrogens is 206 g/mol. The highest BCUT2D eigenvalue weighted by atomic mass is 19.1. The van der Waals surface area contributed by atoms with E-state index in [4.69, 9.17) is 5.11 Å². The molecule has 5 heteroatoms. The fourth-order valence-electron chi connectivity index (χ4n) is 1.19. The van der Waals surface area contributed by atoms with Crippen LogP contribution in [0.15, 0.2) is 12.1 Å². The molecule has 0 saturated carbocycles. The Labute approximate surface area is 85.0 Å². The molecule has 0 spiro atoms. The molecule has 0 aliphatic rings. The molecule has 1 unspecified atom stereocenters. The summed E-state index contributed by atoms with van der Waals surface area (Å²) in [6, 6.07) is 1.74. The quantitative estimate of drug-likeness (QED) is 0.809. The molecule has 3 nitrogen and oxygen atoms in total. The van der Waals surface area contributed by atoms with E-state index in [2.05, 4.69) is 0 Å². The van der Waals surface area contributed by atoms with Crippen molar-refractivity contribution in [3.8, 4) is 0 Å². The van der Waals surface area contributed by atoms with Gasteiger partial charge in [-0.15, -0.1) is 0 Å². The van der Waals surface area contributed by atoms with Crippen LogP contribution in [0.3, 0.4) is 0 Å². The molecule has 0 radical (unpaired) electrons. The lowest BCUT2D eigenvalue weighted by molar-refractivity contribution is -0.139. The molecule has 0 aromatic heterocycles. The molecule has 0 heterocycles. The van der Waals surface area contributed by atoms with Gasteiger partial charge < -0.3 is 10.2 Å². The number of hydrogen-bond donors (Lipinski definition) is 2. The lowest BCUT2D eigenvalue weighted by atomic mass is 10.0. The van der Waals surface area contributed by atoms with Gasteiger partial charge >= 0.3 is 5.97 Å². The van der Waals surface area contributed by atoms with Gasteiger partial charge in [-0.25, -0.2) is 8.78 Å². The first kappa shape index (κ1) is 11.6. The predicted octanol–water partition coefficient (Wildman–Crippen LogP) is 1.78. The van der Waals surface area contributed by atoms with Gasteiger partial charge in [-0.3, -0.25) is 4.79 Å². The van der Waals surface area contributed by atoms with E-state index in [1.807, 2.05) is 0 Å². The summed E-state index contributed by atoms with van der Waals surface area (Å²) in [5, 5.41) is 17.7. The highest BCUT2D eigenvalue weighted by Gasteiger charge is 2.17. The van der Waals surface area contributed by atoms with Crippen molar-refractivity contribution in [3.05, 3.63) is 34.9 Å². The maximum absolute atomic E-state index is 13.2. The molecule has 1 rings (SSSR count). The second kappa shape index (κ2) is 4.35. The van der Waals surface area contributed by atoms with Crippen molar-refractivity contribution >= 4 is 5.97 Å². The first-order valence-electron chi connectivity index (χ1n) is 4.27. The largest absolute Gasteiger partial charge is 0.481 e. The molecule has 0 aliphatic carbocycles. The summed E-state index contributed by atoms with van der Waals surface area (Å²) in [5.41, 5.74) is -0.223. The van der Waals surface area contributed by atoms with Gasteiger partial charge in [-0.2, -0.15) is 0 Å². The summed E-state index contributed by atoms with van der Waals surface area (Å²) < 4.78 is 26.2. The van der Waals surface area contributed by atoms with Gasteiger partial charge in [-0.1, -0.05) is 0 Å². The second-order valence-electron chi connectivity index (χ2n) is 3.24. The normalized spacial score (nSPS) is 12.5. The van der Waals surface area contributed by atoms with Gasteiger partial charge in [0.1, 0.15) is 11.6 Å². The molecule has 2 N–H and O–H groups in total. The van der Waals surface area contributed by atoms with Gasteiger partial charge in [0.15, 0.2) is 0 Å². The zero-order valence-corrected chi connectivity index (χ0v) is 8.00. The van der Waals surface area contributed by atoms with Crippen molar-refractivity contribution in [2.45, 2.75) is 19.4 Å². The van der Waals surface area contributed by atoms with E-state index in [1.54, 1.807) is 0 Å². The number of aliphatic carboxylic acids is 1. The van der Waals surface area contributed by atoms with Crippen LogP contribution in [0.4, 0.5) is 8.78 Å². The van der Waals surface area contributed by atoms with Crippen LogP contribution in [-0.4, -0.2) is 16.2 Å². The van der Waals surface area contributed by atoms with Crippen molar-refractivity contribution in [1.82, 2.24) is 0 Å². The third-order valence-electron chi connectivity index (χ3n) is 2.00. The molecule has 1 aromatic rings. The molecule has 0 saturated heterocycles. The Morgan fingerprint density at radius 2 is 2.00 bits per heavy atom. The Bertz CT molecular complexity index is 390. The van der Waals surface area contributed by atoms with Crippen LogP contribution >= 0.6 is 0 Å². The van der Waals surface area contributed by atoms with Crippen molar-refractivity contribution in [3.63, 3.8) is 0 Å². The lowest BCUT2D eigenvalue weighted by Gasteiger charge is -2.10. The molecule has 82 valence electrons. The molecule has 0 amide bonds. The molecule has 1 atom stereocenters. The standard InChI is InChI=1S/C10H10F2O3/c1-5-2-8(12)6(3-7(5)11)9(13)4-10(14)15/h2-3,9,13H,4H2,1H3,(H,14,15). The van der Waals surface area contributed by atoms with Crippen LogP contribution in [0.5, 0.6) is 0 Å². The van der Waals surface area contributed by atoms with Gasteiger partial charge in [0, 0.05) is 5.56 Å². The number of carbonyl (C=O) groups is 1. The van der Waals surface area contributed by atoms with Crippen molar-refractivity contribution in [1.29, 1.82) is 0 Å². The highest BCUT2D eigenvalue weighted by molar-refractivity contribution is 5.67. The zero-order valence-electron chi connectivity index (χ0n) is 8.00. The number of carboxylic acids is 1. The smallest absolute Gasteiger partial charge is 0.306 e. The number of benzene rings is 1. The highest BCUT2D eigenvalue weighted by Crippen LogP contribution is 2.22. The fourth-order valence-corrected chi connectivity index (χ4v) is 1.19. The SMILES string of the molecule is Cc1cc(F)c(C(O)CC(=O)O)cc1F. The number of aryl methyl sites for hydroxylation is 1. The van der Waals surface area contributed by atoms with Gasteiger partial charge in [0.25, 0.3) is 0 Å². The van der Waals surface area contributed by atoms with E-state index < -0.39 is 30.1 Å². The maximum Gasteiger partial charge on any atom is 0.306 e. The third kappa shape index (κ3) is 2.73. The third-order valence-corrected chi connectivity index (χ3v) is 2.00. The van der Waals surface area contributed by atoms with Gasteiger partial charge in [0.05, 0.1) is 12.5 Å². The van der Waals surface area contributed by atoms with Gasteiger partial charge in [-0.05, 0) is 24.6 Å². The average Bonchev–Trinajstić information content (AvgIpc) is 2.09. The van der Waals surface area contributed by atoms with E-state index in [0.29, 0.717) is 0 Å². The van der Waals surface area contributed by atoms with Crippen LogP contribution in [0.25, 0.3) is 0 Å². The summed E-state index contributed by atoms with van der Waals surface area (Å²) >= 11 is 0. The number of rotatable bonds is 3.